The molecule has 2 aliphatic heterocycles. The van der Waals surface area contributed by atoms with Crippen LogP contribution in [0.5, 0.6) is 5.75 Å². The molecule has 2 aromatic rings. The Morgan fingerprint density at radius 2 is 2.11 bits per heavy atom. The minimum atomic E-state index is -0.359. The number of nitrogens with two attached hydrogens (primary N) is 1. The van der Waals surface area contributed by atoms with Crippen LogP contribution in [0.25, 0.3) is 0 Å². The molecule has 0 bridgehead atoms. The summed E-state index contributed by atoms with van der Waals surface area (Å²) in [6.45, 7) is 1.17. The Hall–Kier alpha value is -2.93. The van der Waals surface area contributed by atoms with Gasteiger partial charge < -0.3 is 15.4 Å². The van der Waals surface area contributed by atoms with Crippen LogP contribution >= 0.6 is 0 Å². The van der Waals surface area contributed by atoms with Crippen molar-refractivity contribution in [2.75, 3.05) is 26.7 Å². The zero-order valence-corrected chi connectivity index (χ0v) is 15.0. The number of nitrogens with zero attached hydrogens (tertiary/aromatic N) is 3. The summed E-state index contributed by atoms with van der Waals surface area (Å²) in [6, 6.07) is 13.5. The van der Waals surface area contributed by atoms with Gasteiger partial charge in [0, 0.05) is 25.7 Å². The maximum atomic E-state index is 13.8. The van der Waals surface area contributed by atoms with E-state index in [1.165, 1.54) is 17.1 Å². The molecule has 7 heteroatoms. The Labute approximate surface area is 157 Å². The number of hydrogen-bond donors (Lipinski definition) is 1. The molecule has 2 amide bonds. The monoisotopic (exact) mass is 368 g/mol. The molecular formula is C20H21FN4O2. The largest absolute Gasteiger partial charge is 0.492 e. The SMILES string of the molecule is CN(CCN)C(=O)N1N=C2c3cc(F)ccc3OC[C@@H]2[C@@H]1c1ccccc1. The van der Waals surface area contributed by atoms with Gasteiger partial charge in [-0.05, 0) is 23.8 Å². The molecule has 4 rings (SSSR count). The zero-order chi connectivity index (χ0) is 19.0. The second-order valence-corrected chi connectivity index (χ2v) is 6.74. The maximum absolute atomic E-state index is 13.8. The van der Waals surface area contributed by atoms with Gasteiger partial charge in [-0.15, -0.1) is 0 Å². The normalized spacial score (nSPS) is 20.4. The zero-order valence-electron chi connectivity index (χ0n) is 15.0. The average molecular weight is 368 g/mol. The molecule has 0 saturated heterocycles. The molecule has 0 unspecified atom stereocenters. The number of hydrogen-bond acceptors (Lipinski definition) is 4. The number of ether oxygens (including phenoxy) is 1. The molecule has 0 spiro atoms. The summed E-state index contributed by atoms with van der Waals surface area (Å²) >= 11 is 0. The molecule has 2 aromatic carbocycles. The van der Waals surface area contributed by atoms with Crippen molar-refractivity contribution < 1.29 is 13.9 Å². The van der Waals surface area contributed by atoms with E-state index in [9.17, 15) is 9.18 Å². The average Bonchev–Trinajstić information content (AvgIpc) is 3.08. The van der Waals surface area contributed by atoms with Crippen molar-refractivity contribution in [3.63, 3.8) is 0 Å². The van der Waals surface area contributed by atoms with E-state index in [2.05, 4.69) is 5.10 Å². The third-order valence-electron chi connectivity index (χ3n) is 4.98. The van der Waals surface area contributed by atoms with Crippen LogP contribution in [0.2, 0.25) is 0 Å². The Bertz CT molecular complexity index is 887. The first-order chi connectivity index (χ1) is 13.1. The smallest absolute Gasteiger partial charge is 0.340 e. The lowest BCUT2D eigenvalue weighted by Gasteiger charge is -2.31. The number of benzene rings is 2. The second kappa shape index (κ2) is 7.00. The predicted octanol–water partition coefficient (Wildman–Crippen LogP) is 2.61. The standard InChI is InChI=1S/C20H21FN4O2/c1-24(10-9-22)20(26)25-19(13-5-3-2-4-6-13)16-12-27-17-8-7-14(21)11-15(17)18(16)23-25/h2-8,11,16,19H,9-10,12,22H2,1H3/t16-,19-/m0/s1. The minimum Gasteiger partial charge on any atom is -0.492 e. The van der Waals surface area contributed by atoms with Crippen LogP contribution in [0.3, 0.4) is 0 Å². The van der Waals surface area contributed by atoms with Gasteiger partial charge >= 0.3 is 6.03 Å². The molecule has 140 valence electrons. The molecule has 2 aliphatic rings. The highest BCUT2D eigenvalue weighted by Gasteiger charge is 2.45. The quantitative estimate of drug-likeness (QED) is 0.905. The van der Waals surface area contributed by atoms with E-state index in [1.54, 1.807) is 18.0 Å². The number of amides is 2. The van der Waals surface area contributed by atoms with Crippen molar-refractivity contribution in [1.82, 2.24) is 9.91 Å². The third kappa shape index (κ3) is 3.04. The first-order valence-corrected chi connectivity index (χ1v) is 8.90. The van der Waals surface area contributed by atoms with Gasteiger partial charge in [-0.3, -0.25) is 0 Å². The van der Waals surface area contributed by atoms with Crippen molar-refractivity contribution in [3.8, 4) is 5.75 Å². The van der Waals surface area contributed by atoms with E-state index in [1.807, 2.05) is 30.3 Å². The van der Waals surface area contributed by atoms with Gasteiger partial charge in [-0.1, -0.05) is 30.3 Å². The van der Waals surface area contributed by atoms with Crippen LogP contribution in [0.4, 0.5) is 9.18 Å². The number of hydrazone groups is 1. The molecule has 0 radical (unpaired) electrons. The van der Waals surface area contributed by atoms with E-state index >= 15 is 0 Å². The Morgan fingerprint density at radius 3 is 2.85 bits per heavy atom. The van der Waals surface area contributed by atoms with E-state index < -0.39 is 0 Å². The number of carbonyl (C=O) groups excluding carboxylic acids is 1. The lowest BCUT2D eigenvalue weighted by Crippen LogP contribution is -2.42. The fraction of sp³-hybridized carbons (Fsp3) is 0.300. The van der Waals surface area contributed by atoms with Gasteiger partial charge in [0.15, 0.2) is 0 Å². The van der Waals surface area contributed by atoms with Crippen molar-refractivity contribution in [2.45, 2.75) is 6.04 Å². The number of fused-ring (bicyclic) bond motifs is 3. The molecule has 0 fully saturated rings. The van der Waals surface area contributed by atoms with Gasteiger partial charge in [-0.2, -0.15) is 5.10 Å². The first-order valence-electron chi connectivity index (χ1n) is 8.90. The molecule has 2 heterocycles. The summed E-state index contributed by atoms with van der Waals surface area (Å²) in [6.07, 6.45) is 0. The van der Waals surface area contributed by atoms with Crippen LogP contribution in [0.15, 0.2) is 53.6 Å². The van der Waals surface area contributed by atoms with Crippen LogP contribution in [-0.4, -0.2) is 48.4 Å². The van der Waals surface area contributed by atoms with Crippen molar-refractivity contribution in [1.29, 1.82) is 0 Å². The van der Waals surface area contributed by atoms with Crippen LogP contribution in [0.1, 0.15) is 17.2 Å². The van der Waals surface area contributed by atoms with Gasteiger partial charge in [0.1, 0.15) is 11.6 Å². The van der Waals surface area contributed by atoms with E-state index in [-0.39, 0.29) is 23.8 Å². The molecule has 0 aromatic heterocycles. The van der Waals surface area contributed by atoms with Crippen molar-refractivity contribution in [2.24, 2.45) is 16.8 Å². The summed E-state index contributed by atoms with van der Waals surface area (Å²) in [5.74, 6) is 0.0572. The highest BCUT2D eigenvalue weighted by atomic mass is 19.1. The second-order valence-electron chi connectivity index (χ2n) is 6.74. The predicted molar refractivity (Wildman–Crippen MR) is 100 cm³/mol. The van der Waals surface area contributed by atoms with E-state index in [4.69, 9.17) is 10.5 Å². The lowest BCUT2D eigenvalue weighted by molar-refractivity contribution is 0.134. The highest BCUT2D eigenvalue weighted by molar-refractivity contribution is 6.07. The number of carbonyl (C=O) groups is 1. The van der Waals surface area contributed by atoms with Crippen LogP contribution in [0, 0.1) is 11.7 Å². The molecule has 2 atom stereocenters. The molecule has 0 aliphatic carbocycles. The summed E-state index contributed by atoms with van der Waals surface area (Å²) in [5, 5.41) is 6.11. The number of halogens is 1. The number of rotatable bonds is 3. The third-order valence-corrected chi connectivity index (χ3v) is 4.98. The molecule has 27 heavy (non-hydrogen) atoms. The summed E-state index contributed by atoms with van der Waals surface area (Å²) < 4.78 is 19.7. The fourth-order valence-corrected chi connectivity index (χ4v) is 3.65. The molecule has 0 saturated carbocycles. The molecule has 2 N–H and O–H groups in total. The van der Waals surface area contributed by atoms with Crippen molar-refractivity contribution >= 4 is 11.7 Å². The molecule has 6 nitrogen and oxygen atoms in total. The Balaban J connectivity index is 1.78. The van der Waals surface area contributed by atoms with Crippen molar-refractivity contribution in [3.05, 3.63) is 65.5 Å². The summed E-state index contributed by atoms with van der Waals surface area (Å²) in [4.78, 5) is 14.6. The first kappa shape index (κ1) is 17.5. The molecular weight excluding hydrogens is 347 g/mol. The number of urea groups is 1. The summed E-state index contributed by atoms with van der Waals surface area (Å²) in [5.41, 5.74) is 7.84. The van der Waals surface area contributed by atoms with Crippen LogP contribution < -0.4 is 10.5 Å². The van der Waals surface area contributed by atoms with Gasteiger partial charge in [-0.25, -0.2) is 14.2 Å². The highest BCUT2D eigenvalue weighted by Crippen LogP contribution is 2.42. The van der Waals surface area contributed by atoms with E-state index in [0.29, 0.717) is 36.7 Å². The lowest BCUT2D eigenvalue weighted by atomic mass is 9.86. The van der Waals surface area contributed by atoms with Gasteiger partial charge in [0.05, 0.1) is 24.3 Å². The summed E-state index contributed by atoms with van der Waals surface area (Å²) in [7, 11) is 1.70. The topological polar surface area (TPSA) is 71.2 Å². The maximum Gasteiger partial charge on any atom is 0.340 e. The fourth-order valence-electron chi connectivity index (χ4n) is 3.65. The van der Waals surface area contributed by atoms with Crippen LogP contribution in [-0.2, 0) is 0 Å². The van der Waals surface area contributed by atoms with Gasteiger partial charge in [0.25, 0.3) is 0 Å². The Morgan fingerprint density at radius 1 is 1.33 bits per heavy atom. The number of likely N-dealkylation sites (N-methyl/N-ethyl adjacent to an activating group) is 1. The van der Waals surface area contributed by atoms with Gasteiger partial charge in [0.2, 0.25) is 0 Å². The van der Waals surface area contributed by atoms with E-state index in [0.717, 1.165) is 5.56 Å². The minimum absolute atomic E-state index is 0.170. The Kier molecular flexibility index (Phi) is 4.53.